The van der Waals surface area contributed by atoms with Gasteiger partial charge in [0.2, 0.25) is 0 Å². The largest absolute Gasteiger partial charge is 0.361 e. The van der Waals surface area contributed by atoms with Crippen LogP contribution in [0.4, 0.5) is 0 Å². The van der Waals surface area contributed by atoms with Crippen LogP contribution in [0.1, 0.15) is 47.9 Å². The van der Waals surface area contributed by atoms with Crippen molar-refractivity contribution >= 4 is 5.91 Å². The van der Waals surface area contributed by atoms with Gasteiger partial charge in [0.05, 0.1) is 6.20 Å². The zero-order chi connectivity index (χ0) is 17.5. The molecule has 2 aromatic rings. The fraction of sp³-hybridized carbons (Fsp3) is 0.500. The maximum atomic E-state index is 12.5. The number of amides is 1. The summed E-state index contributed by atoms with van der Waals surface area (Å²) in [6, 6.07) is 10.8. The standard InChI is InChI=1S/C20H27N3O2/c1-2-7-19-18(14-21-25-19)20(24)22-17-10-6-12-23(15-17)13-11-16-8-4-3-5-9-16/h3-5,8-9,14,17H,2,6-7,10-13,15H2,1H3,(H,22,24)/t17-/m0/s1. The summed E-state index contributed by atoms with van der Waals surface area (Å²) in [5.41, 5.74) is 1.95. The second-order valence-corrected chi connectivity index (χ2v) is 6.76. The van der Waals surface area contributed by atoms with E-state index in [1.165, 1.54) is 11.8 Å². The van der Waals surface area contributed by atoms with Crippen LogP contribution in [0.3, 0.4) is 0 Å². The molecule has 1 aromatic heterocycles. The van der Waals surface area contributed by atoms with Crippen molar-refractivity contribution < 1.29 is 9.32 Å². The molecule has 1 amide bonds. The number of rotatable bonds is 7. The molecule has 1 fully saturated rings. The Balaban J connectivity index is 1.51. The molecule has 0 bridgehead atoms. The molecule has 0 radical (unpaired) electrons. The van der Waals surface area contributed by atoms with Crippen LogP contribution in [0.5, 0.6) is 0 Å². The summed E-state index contributed by atoms with van der Waals surface area (Å²) in [5.74, 6) is 0.636. The molecule has 25 heavy (non-hydrogen) atoms. The van der Waals surface area contributed by atoms with Gasteiger partial charge in [0.1, 0.15) is 11.3 Å². The van der Waals surface area contributed by atoms with Gasteiger partial charge in [-0.25, -0.2) is 0 Å². The number of carbonyl (C=O) groups is 1. The van der Waals surface area contributed by atoms with E-state index in [1.54, 1.807) is 0 Å². The Morgan fingerprint density at radius 1 is 1.32 bits per heavy atom. The molecule has 2 heterocycles. The van der Waals surface area contributed by atoms with Gasteiger partial charge in [0, 0.05) is 25.6 Å². The Morgan fingerprint density at radius 3 is 2.96 bits per heavy atom. The summed E-state index contributed by atoms with van der Waals surface area (Å²) in [6.07, 6.45) is 6.42. The molecule has 1 aliphatic heterocycles. The Labute approximate surface area is 149 Å². The van der Waals surface area contributed by atoms with E-state index in [4.69, 9.17) is 4.52 Å². The predicted octanol–water partition coefficient (Wildman–Crippen LogP) is 3.06. The quantitative estimate of drug-likeness (QED) is 0.841. The third kappa shape index (κ3) is 4.92. The molecule has 1 atom stereocenters. The first kappa shape index (κ1) is 17.7. The van der Waals surface area contributed by atoms with E-state index in [9.17, 15) is 4.79 Å². The molecular weight excluding hydrogens is 314 g/mol. The van der Waals surface area contributed by atoms with Crippen LogP contribution in [-0.4, -0.2) is 41.6 Å². The van der Waals surface area contributed by atoms with Crippen molar-refractivity contribution in [3.63, 3.8) is 0 Å². The molecule has 1 aromatic carbocycles. The SMILES string of the molecule is CCCc1oncc1C(=O)N[C@H]1CCCN(CCc2ccccc2)C1. The summed E-state index contributed by atoms with van der Waals surface area (Å²) >= 11 is 0. The topological polar surface area (TPSA) is 58.4 Å². The van der Waals surface area contributed by atoms with E-state index >= 15 is 0 Å². The minimum atomic E-state index is -0.0559. The number of nitrogens with one attached hydrogen (secondary N) is 1. The van der Waals surface area contributed by atoms with E-state index in [1.807, 2.05) is 6.07 Å². The molecule has 3 rings (SSSR count). The molecule has 0 unspecified atom stereocenters. The van der Waals surface area contributed by atoms with Crippen molar-refractivity contribution in [2.45, 2.75) is 45.1 Å². The van der Waals surface area contributed by atoms with Gasteiger partial charge in [-0.1, -0.05) is 42.4 Å². The summed E-state index contributed by atoms with van der Waals surface area (Å²) < 4.78 is 5.20. The highest BCUT2D eigenvalue weighted by molar-refractivity contribution is 5.95. The number of piperidine rings is 1. The lowest BCUT2D eigenvalue weighted by Crippen LogP contribution is -2.48. The van der Waals surface area contributed by atoms with Crippen LogP contribution in [0, 0.1) is 0 Å². The van der Waals surface area contributed by atoms with Crippen molar-refractivity contribution in [3.8, 4) is 0 Å². The number of hydrogen-bond donors (Lipinski definition) is 1. The normalized spacial score (nSPS) is 18.2. The minimum absolute atomic E-state index is 0.0559. The third-order valence-corrected chi connectivity index (χ3v) is 4.77. The maximum absolute atomic E-state index is 12.5. The van der Waals surface area contributed by atoms with Crippen LogP contribution >= 0.6 is 0 Å². The first-order valence-electron chi connectivity index (χ1n) is 9.27. The zero-order valence-electron chi connectivity index (χ0n) is 14.9. The van der Waals surface area contributed by atoms with Gasteiger partial charge in [0.25, 0.3) is 5.91 Å². The molecule has 0 aliphatic carbocycles. The third-order valence-electron chi connectivity index (χ3n) is 4.77. The van der Waals surface area contributed by atoms with Gasteiger partial charge in [-0.2, -0.15) is 0 Å². The highest BCUT2D eigenvalue weighted by Gasteiger charge is 2.23. The number of nitrogens with zero attached hydrogens (tertiary/aromatic N) is 2. The molecule has 134 valence electrons. The summed E-state index contributed by atoms with van der Waals surface area (Å²) in [5, 5.41) is 6.95. The lowest BCUT2D eigenvalue weighted by Gasteiger charge is -2.33. The Bertz CT molecular complexity index is 669. The van der Waals surface area contributed by atoms with E-state index in [0.717, 1.165) is 51.7 Å². The van der Waals surface area contributed by atoms with Crippen LogP contribution in [-0.2, 0) is 12.8 Å². The van der Waals surface area contributed by atoms with Crippen LogP contribution in [0.25, 0.3) is 0 Å². The molecule has 5 nitrogen and oxygen atoms in total. The first-order valence-corrected chi connectivity index (χ1v) is 9.27. The van der Waals surface area contributed by atoms with Gasteiger partial charge in [-0.05, 0) is 37.8 Å². The van der Waals surface area contributed by atoms with Crippen LogP contribution in [0.2, 0.25) is 0 Å². The molecule has 1 N–H and O–H groups in total. The van der Waals surface area contributed by atoms with Crippen molar-refractivity contribution in [3.05, 3.63) is 53.4 Å². The zero-order valence-corrected chi connectivity index (χ0v) is 14.9. The fourth-order valence-electron chi connectivity index (χ4n) is 3.43. The molecular formula is C20H27N3O2. The molecule has 0 spiro atoms. The summed E-state index contributed by atoms with van der Waals surface area (Å²) in [4.78, 5) is 15.0. The van der Waals surface area contributed by atoms with Gasteiger partial charge in [-0.3, -0.25) is 4.79 Å². The van der Waals surface area contributed by atoms with Crippen molar-refractivity contribution in [1.29, 1.82) is 0 Å². The summed E-state index contributed by atoms with van der Waals surface area (Å²) in [7, 11) is 0. The fourth-order valence-corrected chi connectivity index (χ4v) is 3.43. The molecule has 0 saturated carbocycles. The van der Waals surface area contributed by atoms with Crippen molar-refractivity contribution in [2.24, 2.45) is 0 Å². The van der Waals surface area contributed by atoms with E-state index < -0.39 is 0 Å². The maximum Gasteiger partial charge on any atom is 0.256 e. The van der Waals surface area contributed by atoms with Crippen LogP contribution in [0.15, 0.2) is 41.1 Å². The Kier molecular flexibility index (Phi) is 6.23. The van der Waals surface area contributed by atoms with Gasteiger partial charge >= 0.3 is 0 Å². The van der Waals surface area contributed by atoms with Gasteiger partial charge in [0.15, 0.2) is 0 Å². The van der Waals surface area contributed by atoms with E-state index in [0.29, 0.717) is 11.3 Å². The highest BCUT2D eigenvalue weighted by atomic mass is 16.5. The molecule has 5 heteroatoms. The van der Waals surface area contributed by atoms with Gasteiger partial charge < -0.3 is 14.7 Å². The number of benzene rings is 1. The number of aromatic nitrogens is 1. The van der Waals surface area contributed by atoms with E-state index in [2.05, 4.69) is 46.6 Å². The smallest absolute Gasteiger partial charge is 0.256 e. The lowest BCUT2D eigenvalue weighted by molar-refractivity contribution is 0.0902. The average molecular weight is 341 g/mol. The van der Waals surface area contributed by atoms with Crippen molar-refractivity contribution in [2.75, 3.05) is 19.6 Å². The monoisotopic (exact) mass is 341 g/mol. The Hall–Kier alpha value is -2.14. The van der Waals surface area contributed by atoms with Crippen LogP contribution < -0.4 is 5.32 Å². The van der Waals surface area contributed by atoms with Gasteiger partial charge in [-0.15, -0.1) is 0 Å². The number of carbonyl (C=O) groups excluding carboxylic acids is 1. The number of hydrogen-bond acceptors (Lipinski definition) is 4. The Morgan fingerprint density at radius 2 is 2.16 bits per heavy atom. The predicted molar refractivity (Wildman–Crippen MR) is 97.6 cm³/mol. The number of aryl methyl sites for hydroxylation is 1. The molecule has 1 aliphatic rings. The van der Waals surface area contributed by atoms with E-state index in [-0.39, 0.29) is 11.9 Å². The van der Waals surface area contributed by atoms with Crippen molar-refractivity contribution in [1.82, 2.24) is 15.4 Å². The molecule has 1 saturated heterocycles. The second kappa shape index (κ2) is 8.81. The first-order chi connectivity index (χ1) is 12.3. The average Bonchev–Trinajstić information content (AvgIpc) is 3.10. The lowest BCUT2D eigenvalue weighted by atomic mass is 10.0. The highest BCUT2D eigenvalue weighted by Crippen LogP contribution is 2.14. The summed E-state index contributed by atoms with van der Waals surface area (Å²) in [6.45, 7) is 5.11. The number of likely N-dealkylation sites (tertiary alicyclic amines) is 1. The minimum Gasteiger partial charge on any atom is -0.361 e. The second-order valence-electron chi connectivity index (χ2n) is 6.76.